The molecular formula is C28H22BrN3O3S. The second-order valence-corrected chi connectivity index (χ2v) is 9.91. The van der Waals surface area contributed by atoms with Crippen molar-refractivity contribution in [1.82, 2.24) is 4.98 Å². The molecule has 2 aromatic heterocycles. The average molecular weight is 560 g/mol. The van der Waals surface area contributed by atoms with Crippen LogP contribution in [-0.2, 0) is 0 Å². The SMILES string of the molecule is COc1ccc(-c2cc(-c3ccc(OC)cc3)c3c(N)c(C(=O)Nc4ccc(Br)cc4)sc3n2)cc1. The van der Waals surface area contributed by atoms with Gasteiger partial charge in [0.05, 0.1) is 25.6 Å². The largest absolute Gasteiger partial charge is 0.497 e. The summed E-state index contributed by atoms with van der Waals surface area (Å²) in [5.41, 5.74) is 11.2. The first kappa shape index (κ1) is 23.8. The Balaban J connectivity index is 1.64. The molecule has 36 heavy (non-hydrogen) atoms. The van der Waals surface area contributed by atoms with Gasteiger partial charge in [-0.1, -0.05) is 28.1 Å². The molecule has 0 unspecified atom stereocenters. The third-order valence-corrected chi connectivity index (χ3v) is 7.42. The van der Waals surface area contributed by atoms with Crippen molar-refractivity contribution in [2.75, 3.05) is 25.3 Å². The van der Waals surface area contributed by atoms with E-state index in [1.54, 1.807) is 14.2 Å². The number of nitrogens with two attached hydrogens (primary N) is 1. The van der Waals surface area contributed by atoms with Crippen molar-refractivity contribution in [3.05, 3.63) is 88.2 Å². The van der Waals surface area contributed by atoms with Crippen molar-refractivity contribution in [3.63, 3.8) is 0 Å². The molecule has 0 saturated heterocycles. The molecule has 180 valence electrons. The number of carbonyl (C=O) groups is 1. The van der Waals surface area contributed by atoms with Gasteiger partial charge in [-0.3, -0.25) is 4.79 Å². The molecule has 0 fully saturated rings. The van der Waals surface area contributed by atoms with Gasteiger partial charge in [0.25, 0.3) is 5.91 Å². The number of halogens is 1. The fourth-order valence-electron chi connectivity index (χ4n) is 3.92. The molecule has 0 saturated carbocycles. The highest BCUT2D eigenvalue weighted by Gasteiger charge is 2.22. The van der Waals surface area contributed by atoms with Gasteiger partial charge in [-0.25, -0.2) is 4.98 Å². The van der Waals surface area contributed by atoms with E-state index in [9.17, 15) is 4.79 Å². The van der Waals surface area contributed by atoms with Gasteiger partial charge < -0.3 is 20.5 Å². The Hall–Kier alpha value is -3.88. The van der Waals surface area contributed by atoms with E-state index in [0.29, 0.717) is 21.1 Å². The number of rotatable bonds is 6. The van der Waals surface area contributed by atoms with Crippen LogP contribution < -0.4 is 20.5 Å². The van der Waals surface area contributed by atoms with E-state index in [1.165, 1.54) is 11.3 Å². The number of hydrogen-bond acceptors (Lipinski definition) is 6. The molecule has 5 aromatic rings. The zero-order valence-electron chi connectivity index (χ0n) is 19.5. The first-order chi connectivity index (χ1) is 17.5. The number of nitrogen functional groups attached to an aromatic ring is 1. The number of nitrogens with zero attached hydrogens (tertiary/aromatic N) is 1. The van der Waals surface area contributed by atoms with Crippen LogP contribution in [0.2, 0.25) is 0 Å². The van der Waals surface area contributed by atoms with Crippen molar-refractivity contribution in [2.24, 2.45) is 0 Å². The van der Waals surface area contributed by atoms with Crippen LogP contribution in [-0.4, -0.2) is 25.1 Å². The van der Waals surface area contributed by atoms with Gasteiger partial charge in [-0.15, -0.1) is 11.3 Å². The predicted molar refractivity (Wildman–Crippen MR) is 150 cm³/mol. The first-order valence-corrected chi connectivity index (χ1v) is 12.7. The summed E-state index contributed by atoms with van der Waals surface area (Å²) in [5, 5.41) is 3.69. The van der Waals surface area contributed by atoms with Crippen LogP contribution in [0, 0.1) is 0 Å². The number of methoxy groups -OCH3 is 2. The van der Waals surface area contributed by atoms with Crippen molar-refractivity contribution in [1.29, 1.82) is 0 Å². The molecule has 0 atom stereocenters. The highest BCUT2D eigenvalue weighted by molar-refractivity contribution is 9.10. The number of amides is 1. The second kappa shape index (κ2) is 10.0. The lowest BCUT2D eigenvalue weighted by atomic mass is 9.99. The lowest BCUT2D eigenvalue weighted by Crippen LogP contribution is -2.11. The maximum atomic E-state index is 13.2. The molecule has 0 spiro atoms. The molecule has 0 aliphatic heterocycles. The number of hydrogen-bond donors (Lipinski definition) is 2. The summed E-state index contributed by atoms with van der Waals surface area (Å²) in [6.45, 7) is 0. The number of fused-ring (bicyclic) bond motifs is 1. The van der Waals surface area contributed by atoms with Gasteiger partial charge in [0.15, 0.2) is 0 Å². The molecule has 6 nitrogen and oxygen atoms in total. The molecule has 1 amide bonds. The number of ether oxygens (including phenoxy) is 2. The predicted octanol–water partition coefficient (Wildman–Crippen LogP) is 7.24. The smallest absolute Gasteiger partial charge is 0.267 e. The van der Waals surface area contributed by atoms with Crippen LogP contribution in [0.15, 0.2) is 83.3 Å². The minimum Gasteiger partial charge on any atom is -0.497 e. The molecule has 0 aliphatic carbocycles. The Morgan fingerprint density at radius 1 is 0.889 bits per heavy atom. The molecule has 3 N–H and O–H groups in total. The van der Waals surface area contributed by atoms with E-state index in [2.05, 4.69) is 21.2 Å². The molecule has 5 rings (SSSR count). The van der Waals surface area contributed by atoms with Gasteiger partial charge in [-0.2, -0.15) is 0 Å². The number of thiophene rings is 1. The monoisotopic (exact) mass is 559 g/mol. The lowest BCUT2D eigenvalue weighted by molar-refractivity contribution is 0.103. The van der Waals surface area contributed by atoms with Crippen LogP contribution in [0.25, 0.3) is 32.6 Å². The minimum absolute atomic E-state index is 0.274. The van der Waals surface area contributed by atoms with E-state index in [-0.39, 0.29) is 5.91 Å². The van der Waals surface area contributed by atoms with Gasteiger partial charge >= 0.3 is 0 Å². The summed E-state index contributed by atoms with van der Waals surface area (Å²) in [5.74, 6) is 1.25. The van der Waals surface area contributed by atoms with Crippen LogP contribution in [0.5, 0.6) is 11.5 Å². The highest BCUT2D eigenvalue weighted by Crippen LogP contribution is 2.42. The maximum Gasteiger partial charge on any atom is 0.267 e. The van der Waals surface area contributed by atoms with Crippen molar-refractivity contribution >= 4 is 54.8 Å². The molecule has 0 radical (unpaired) electrons. The Morgan fingerprint density at radius 2 is 1.47 bits per heavy atom. The number of aromatic nitrogens is 1. The second-order valence-electron chi connectivity index (χ2n) is 8.00. The third kappa shape index (κ3) is 4.65. The topological polar surface area (TPSA) is 86.5 Å². The van der Waals surface area contributed by atoms with Crippen LogP contribution in [0.1, 0.15) is 9.67 Å². The highest BCUT2D eigenvalue weighted by atomic mass is 79.9. The van der Waals surface area contributed by atoms with Gasteiger partial charge in [0.2, 0.25) is 0 Å². The molecule has 3 aromatic carbocycles. The van der Waals surface area contributed by atoms with E-state index in [0.717, 1.165) is 43.7 Å². The zero-order chi connectivity index (χ0) is 25.2. The minimum atomic E-state index is -0.274. The standard InChI is InChI=1S/C28H22BrN3O3S/c1-34-20-11-3-16(4-12-20)22-15-23(17-5-13-21(35-2)14-6-17)32-28-24(22)25(30)26(36-28)27(33)31-19-9-7-18(29)8-10-19/h3-15H,30H2,1-2H3,(H,31,33). The van der Waals surface area contributed by atoms with E-state index in [1.807, 2.05) is 78.9 Å². The maximum absolute atomic E-state index is 13.2. The Kier molecular flexibility index (Phi) is 6.63. The number of carbonyl (C=O) groups excluding carboxylic acids is 1. The Morgan fingerprint density at radius 3 is 2.06 bits per heavy atom. The van der Waals surface area contributed by atoms with Crippen molar-refractivity contribution < 1.29 is 14.3 Å². The third-order valence-electron chi connectivity index (χ3n) is 5.79. The van der Waals surface area contributed by atoms with Crippen LogP contribution >= 0.6 is 27.3 Å². The van der Waals surface area contributed by atoms with Crippen LogP contribution in [0.4, 0.5) is 11.4 Å². The number of nitrogens with one attached hydrogen (secondary N) is 1. The van der Waals surface area contributed by atoms with Crippen molar-refractivity contribution in [3.8, 4) is 33.9 Å². The van der Waals surface area contributed by atoms with Gasteiger partial charge in [-0.05, 0) is 77.9 Å². The summed E-state index contributed by atoms with van der Waals surface area (Å²) in [6.07, 6.45) is 0. The van der Waals surface area contributed by atoms with Crippen molar-refractivity contribution in [2.45, 2.75) is 0 Å². The lowest BCUT2D eigenvalue weighted by Gasteiger charge is -2.10. The average Bonchev–Trinajstić information content (AvgIpc) is 3.26. The number of pyridine rings is 1. The Labute approximate surface area is 220 Å². The summed E-state index contributed by atoms with van der Waals surface area (Å²) in [4.78, 5) is 19.2. The number of benzene rings is 3. The van der Waals surface area contributed by atoms with E-state index in [4.69, 9.17) is 20.2 Å². The number of anilines is 2. The summed E-state index contributed by atoms with van der Waals surface area (Å²) in [6, 6.07) is 24.9. The summed E-state index contributed by atoms with van der Waals surface area (Å²) in [7, 11) is 3.27. The van der Waals surface area contributed by atoms with Gasteiger partial charge in [0.1, 0.15) is 21.2 Å². The fourth-order valence-corrected chi connectivity index (χ4v) is 5.20. The zero-order valence-corrected chi connectivity index (χ0v) is 21.9. The first-order valence-electron chi connectivity index (χ1n) is 11.1. The normalized spacial score (nSPS) is 10.9. The van der Waals surface area contributed by atoms with E-state index < -0.39 is 0 Å². The molecule has 0 bridgehead atoms. The molecule has 8 heteroatoms. The quantitative estimate of drug-likeness (QED) is 0.229. The van der Waals surface area contributed by atoms with E-state index >= 15 is 0 Å². The molecule has 0 aliphatic rings. The molecule has 2 heterocycles. The summed E-state index contributed by atoms with van der Waals surface area (Å²) >= 11 is 4.69. The molecular weight excluding hydrogens is 538 g/mol. The van der Waals surface area contributed by atoms with Crippen LogP contribution in [0.3, 0.4) is 0 Å². The van der Waals surface area contributed by atoms with Gasteiger partial charge in [0, 0.05) is 21.1 Å². The summed E-state index contributed by atoms with van der Waals surface area (Å²) < 4.78 is 11.6. The Bertz CT molecular complexity index is 1550. The fraction of sp³-hybridized carbons (Fsp3) is 0.0714.